The average Bonchev–Trinajstić information content (AvgIpc) is 2.37. The smallest absolute Gasteiger partial charge is 0.145 e. The van der Waals surface area contributed by atoms with Gasteiger partial charge in [-0.2, -0.15) is 0 Å². The van der Waals surface area contributed by atoms with Gasteiger partial charge in [0.2, 0.25) is 0 Å². The van der Waals surface area contributed by atoms with Gasteiger partial charge in [0.05, 0.1) is 11.6 Å². The van der Waals surface area contributed by atoms with Gasteiger partial charge in [-0.05, 0) is 55.5 Å². The average molecular weight is 272 g/mol. The molecule has 1 N–H and O–H groups in total. The first-order valence-electron chi connectivity index (χ1n) is 6.37. The van der Waals surface area contributed by atoms with Crippen molar-refractivity contribution in [2.45, 2.75) is 25.9 Å². The molecule has 1 aromatic rings. The van der Waals surface area contributed by atoms with E-state index in [0.717, 1.165) is 37.9 Å². The van der Waals surface area contributed by atoms with Crippen molar-refractivity contribution < 1.29 is 9.13 Å². The third-order valence-electron chi connectivity index (χ3n) is 3.38. The van der Waals surface area contributed by atoms with Gasteiger partial charge in [0.15, 0.2) is 0 Å². The molecule has 0 bridgehead atoms. The van der Waals surface area contributed by atoms with Gasteiger partial charge in [-0.1, -0.05) is 17.7 Å². The summed E-state index contributed by atoms with van der Waals surface area (Å²) in [4.78, 5) is 0. The van der Waals surface area contributed by atoms with Crippen LogP contribution in [0.2, 0.25) is 5.02 Å². The molecule has 0 saturated carbocycles. The van der Waals surface area contributed by atoms with Crippen molar-refractivity contribution in [3.05, 3.63) is 34.1 Å². The largest absolute Gasteiger partial charge is 0.380 e. The Morgan fingerprint density at radius 1 is 1.50 bits per heavy atom. The van der Waals surface area contributed by atoms with Gasteiger partial charge in [-0.3, -0.25) is 0 Å². The van der Waals surface area contributed by atoms with Crippen molar-refractivity contribution in [3.63, 3.8) is 0 Å². The number of piperidine rings is 1. The van der Waals surface area contributed by atoms with Crippen LogP contribution in [0, 0.1) is 11.7 Å². The summed E-state index contributed by atoms with van der Waals surface area (Å²) >= 11 is 5.93. The van der Waals surface area contributed by atoms with E-state index < -0.39 is 0 Å². The van der Waals surface area contributed by atoms with Crippen LogP contribution < -0.4 is 5.32 Å². The van der Waals surface area contributed by atoms with Crippen molar-refractivity contribution in [1.29, 1.82) is 0 Å². The van der Waals surface area contributed by atoms with Crippen molar-refractivity contribution in [2.24, 2.45) is 5.92 Å². The van der Waals surface area contributed by atoms with E-state index >= 15 is 0 Å². The zero-order valence-corrected chi connectivity index (χ0v) is 11.4. The predicted molar refractivity (Wildman–Crippen MR) is 71.4 cm³/mol. The van der Waals surface area contributed by atoms with E-state index in [0.29, 0.717) is 18.1 Å². The summed E-state index contributed by atoms with van der Waals surface area (Å²) in [6.07, 6.45) is 3.06. The van der Waals surface area contributed by atoms with Crippen molar-refractivity contribution in [2.75, 3.05) is 20.2 Å². The minimum Gasteiger partial charge on any atom is -0.380 e. The maximum atomic E-state index is 14.0. The molecule has 0 radical (unpaired) electrons. The third kappa shape index (κ3) is 3.44. The van der Waals surface area contributed by atoms with Gasteiger partial charge in [0, 0.05) is 7.11 Å². The van der Waals surface area contributed by atoms with Crippen LogP contribution in [0.5, 0.6) is 0 Å². The molecule has 0 spiro atoms. The standard InChI is InChI=1S/C14H19ClFNO/c1-18-9-11-6-12(14(16)13(15)7-11)5-10-3-2-4-17-8-10/h6-7,10,17H,2-5,8-9H2,1H3. The maximum absolute atomic E-state index is 14.0. The Morgan fingerprint density at radius 3 is 3.00 bits per heavy atom. The number of hydrogen-bond acceptors (Lipinski definition) is 2. The highest BCUT2D eigenvalue weighted by Gasteiger charge is 2.17. The number of nitrogens with one attached hydrogen (secondary N) is 1. The van der Waals surface area contributed by atoms with E-state index in [1.54, 1.807) is 13.2 Å². The first kappa shape index (κ1) is 13.8. The predicted octanol–water partition coefficient (Wildman–Crippen LogP) is 3.17. The summed E-state index contributed by atoms with van der Waals surface area (Å²) in [5.74, 6) is 0.226. The van der Waals surface area contributed by atoms with Gasteiger partial charge >= 0.3 is 0 Å². The quantitative estimate of drug-likeness (QED) is 0.908. The van der Waals surface area contributed by atoms with E-state index in [1.165, 1.54) is 0 Å². The van der Waals surface area contributed by atoms with Crippen molar-refractivity contribution in [1.82, 2.24) is 5.32 Å². The van der Waals surface area contributed by atoms with Gasteiger partial charge in [-0.15, -0.1) is 0 Å². The minimum absolute atomic E-state index is 0.198. The van der Waals surface area contributed by atoms with Gasteiger partial charge in [0.1, 0.15) is 5.82 Å². The normalized spacial score (nSPS) is 20.1. The van der Waals surface area contributed by atoms with E-state index in [4.69, 9.17) is 16.3 Å². The summed E-state index contributed by atoms with van der Waals surface area (Å²) in [5, 5.41) is 3.55. The summed E-state index contributed by atoms with van der Waals surface area (Å²) in [7, 11) is 1.63. The van der Waals surface area contributed by atoms with E-state index in [9.17, 15) is 4.39 Å². The molecule has 1 atom stereocenters. The van der Waals surface area contributed by atoms with Gasteiger partial charge in [0.25, 0.3) is 0 Å². The molecule has 100 valence electrons. The Balaban J connectivity index is 2.14. The fraction of sp³-hybridized carbons (Fsp3) is 0.571. The molecule has 1 fully saturated rings. The molecule has 1 aromatic carbocycles. The number of benzene rings is 1. The van der Waals surface area contributed by atoms with Crippen LogP contribution in [0.4, 0.5) is 4.39 Å². The van der Waals surface area contributed by atoms with E-state index in [1.807, 2.05) is 6.07 Å². The van der Waals surface area contributed by atoms with Gasteiger partial charge < -0.3 is 10.1 Å². The minimum atomic E-state index is -0.276. The third-order valence-corrected chi connectivity index (χ3v) is 3.66. The molecule has 2 rings (SSSR count). The van der Waals surface area contributed by atoms with E-state index in [-0.39, 0.29) is 10.8 Å². The lowest BCUT2D eigenvalue weighted by atomic mass is 9.91. The number of methoxy groups -OCH3 is 1. The van der Waals surface area contributed by atoms with Crippen LogP contribution in [0.1, 0.15) is 24.0 Å². The van der Waals surface area contributed by atoms with Crippen LogP contribution in [0.3, 0.4) is 0 Å². The van der Waals surface area contributed by atoms with Gasteiger partial charge in [-0.25, -0.2) is 4.39 Å². The maximum Gasteiger partial charge on any atom is 0.145 e. The summed E-state index contributed by atoms with van der Waals surface area (Å²) < 4.78 is 19.1. The molecule has 1 heterocycles. The molecule has 1 saturated heterocycles. The molecule has 0 amide bonds. The Morgan fingerprint density at radius 2 is 2.33 bits per heavy atom. The monoisotopic (exact) mass is 271 g/mol. The van der Waals surface area contributed by atoms with Crippen LogP contribution >= 0.6 is 11.6 Å². The lowest BCUT2D eigenvalue weighted by Gasteiger charge is -2.23. The summed E-state index contributed by atoms with van der Waals surface area (Å²) in [5.41, 5.74) is 1.64. The molecule has 1 unspecified atom stereocenters. The lowest BCUT2D eigenvalue weighted by molar-refractivity contribution is 0.184. The second-order valence-electron chi connectivity index (χ2n) is 4.90. The number of halogens is 2. The van der Waals surface area contributed by atoms with Crippen molar-refractivity contribution >= 4 is 11.6 Å². The highest BCUT2D eigenvalue weighted by molar-refractivity contribution is 6.30. The number of ether oxygens (including phenoxy) is 1. The molecule has 0 aliphatic carbocycles. The molecule has 1 aliphatic rings. The Kier molecular flexibility index (Phi) is 4.98. The molecule has 4 heteroatoms. The molecule has 1 aliphatic heterocycles. The Labute approximate surface area is 112 Å². The van der Waals surface area contributed by atoms with Crippen LogP contribution in [0.25, 0.3) is 0 Å². The molecular weight excluding hydrogens is 253 g/mol. The SMILES string of the molecule is COCc1cc(Cl)c(F)c(CC2CCCNC2)c1. The topological polar surface area (TPSA) is 21.3 Å². The van der Waals surface area contributed by atoms with E-state index in [2.05, 4.69) is 5.32 Å². The lowest BCUT2D eigenvalue weighted by Crippen LogP contribution is -2.31. The zero-order chi connectivity index (χ0) is 13.0. The number of hydrogen-bond donors (Lipinski definition) is 1. The molecule has 2 nitrogen and oxygen atoms in total. The first-order valence-corrected chi connectivity index (χ1v) is 6.75. The molecular formula is C14H19ClFNO. The highest BCUT2D eigenvalue weighted by atomic mass is 35.5. The Hall–Kier alpha value is -0.640. The highest BCUT2D eigenvalue weighted by Crippen LogP contribution is 2.25. The summed E-state index contributed by atoms with van der Waals surface area (Å²) in [6, 6.07) is 3.52. The van der Waals surface area contributed by atoms with Crippen LogP contribution in [-0.2, 0) is 17.8 Å². The van der Waals surface area contributed by atoms with Crippen LogP contribution in [-0.4, -0.2) is 20.2 Å². The van der Waals surface area contributed by atoms with Crippen molar-refractivity contribution in [3.8, 4) is 0 Å². The van der Waals surface area contributed by atoms with Crippen LogP contribution in [0.15, 0.2) is 12.1 Å². The summed E-state index contributed by atoms with van der Waals surface area (Å²) in [6.45, 7) is 2.50. The molecule has 18 heavy (non-hydrogen) atoms. The number of rotatable bonds is 4. The second kappa shape index (κ2) is 6.50. The Bertz CT molecular complexity index is 405. The fourth-order valence-corrected chi connectivity index (χ4v) is 2.78. The fourth-order valence-electron chi connectivity index (χ4n) is 2.52. The first-order chi connectivity index (χ1) is 8.70. The molecule has 0 aromatic heterocycles. The second-order valence-corrected chi connectivity index (χ2v) is 5.31. The zero-order valence-electron chi connectivity index (χ0n) is 10.6.